The van der Waals surface area contributed by atoms with Gasteiger partial charge in [0.15, 0.2) is 0 Å². The van der Waals surface area contributed by atoms with E-state index in [1.165, 1.54) is 0 Å². The zero-order chi connectivity index (χ0) is 10.8. The monoisotopic (exact) mass is 362 g/mol. The minimum Gasteiger partial charge on any atom is -0.804 e. The first kappa shape index (κ1) is 29.3. The molecule has 84 valence electrons. The molecular formula is H8O8P4Ru. The molecule has 0 N–H and O–H groups in total. The second kappa shape index (κ2) is 70.8. The maximum absolute atomic E-state index is 8.46. The van der Waals surface area contributed by atoms with Crippen molar-refractivity contribution in [2.24, 2.45) is 0 Å². The van der Waals surface area contributed by atoms with Crippen molar-refractivity contribution in [1.29, 1.82) is 0 Å². The molecule has 0 saturated heterocycles. The first-order valence-corrected chi connectivity index (χ1v) is 5.66. The van der Waals surface area contributed by atoms with Gasteiger partial charge in [-0.2, -0.15) is 0 Å². The molecular weight excluding hydrogens is 353 g/mol. The van der Waals surface area contributed by atoms with Crippen LogP contribution in [0.5, 0.6) is 0 Å². The molecule has 0 radical (unpaired) electrons. The Labute approximate surface area is 92.3 Å². The van der Waals surface area contributed by atoms with Crippen LogP contribution in [0.4, 0.5) is 0 Å². The molecule has 13 heavy (non-hydrogen) atoms. The normalized spacial score (nSPS) is 8.92. The van der Waals surface area contributed by atoms with Gasteiger partial charge in [-0.05, 0) is 34.7 Å². The second-order valence-corrected chi connectivity index (χ2v) is 1.15. The quantitative estimate of drug-likeness (QED) is 0.312. The summed E-state index contributed by atoms with van der Waals surface area (Å²) >= 11 is 0. The summed E-state index contributed by atoms with van der Waals surface area (Å²) in [5.41, 5.74) is 0. The van der Waals surface area contributed by atoms with Crippen LogP contribution in [0.25, 0.3) is 0 Å². The third-order valence-corrected chi connectivity index (χ3v) is 0. The van der Waals surface area contributed by atoms with Gasteiger partial charge in [-0.1, -0.05) is 0 Å². The predicted molar refractivity (Wildman–Crippen MR) is 41.6 cm³/mol. The van der Waals surface area contributed by atoms with E-state index in [0.717, 1.165) is 0 Å². The summed E-state index contributed by atoms with van der Waals surface area (Å²) in [4.78, 5) is 33.8. The molecule has 0 aliphatic heterocycles. The van der Waals surface area contributed by atoms with Gasteiger partial charge in [-0.15, -0.1) is 0 Å². The molecule has 0 aliphatic rings. The fourth-order valence-corrected chi connectivity index (χ4v) is 0. The Bertz CT molecular complexity index is 70.1. The van der Waals surface area contributed by atoms with Crippen molar-refractivity contribution in [3.63, 3.8) is 0 Å². The molecule has 8 nitrogen and oxygen atoms in total. The molecule has 0 saturated carbocycles. The van der Waals surface area contributed by atoms with Crippen LogP contribution >= 0.6 is 34.7 Å². The molecule has 13 heteroatoms. The van der Waals surface area contributed by atoms with Gasteiger partial charge in [-0.25, -0.2) is 0 Å². The van der Waals surface area contributed by atoms with Gasteiger partial charge in [0.1, 0.15) is 0 Å². The van der Waals surface area contributed by atoms with Crippen molar-refractivity contribution in [2.75, 3.05) is 0 Å². The molecule has 0 bridgehead atoms. The molecule has 0 heterocycles. The van der Waals surface area contributed by atoms with Crippen molar-refractivity contribution in [3.8, 4) is 0 Å². The Kier molecular flexibility index (Phi) is 159. The molecule has 4 unspecified atom stereocenters. The maximum atomic E-state index is 8.46. The van der Waals surface area contributed by atoms with Crippen LogP contribution in [0.1, 0.15) is 0 Å². The summed E-state index contributed by atoms with van der Waals surface area (Å²) < 4.78 is 33.8. The zero-order valence-corrected chi connectivity index (χ0v) is 12.3. The van der Waals surface area contributed by atoms with Crippen LogP contribution in [0.2, 0.25) is 0 Å². The van der Waals surface area contributed by atoms with Crippen molar-refractivity contribution in [3.05, 3.63) is 0 Å². The Hall–Kier alpha value is 1.38. The second-order valence-electron chi connectivity index (χ2n) is 0.385. The van der Waals surface area contributed by atoms with Crippen molar-refractivity contribution in [1.82, 2.24) is 0 Å². The van der Waals surface area contributed by atoms with Crippen molar-refractivity contribution >= 4 is 34.7 Å². The van der Waals surface area contributed by atoms with E-state index in [0.29, 0.717) is 0 Å². The standard InChI is InChI=1S/4H3O2P.Ru/c4*1-3-2;/h4*3H2,(H,1,2);/q;;;;+4/p-4. The van der Waals surface area contributed by atoms with Crippen LogP contribution in [0, 0.1) is 0 Å². The van der Waals surface area contributed by atoms with Crippen LogP contribution in [0.3, 0.4) is 0 Å². The van der Waals surface area contributed by atoms with Gasteiger partial charge >= 0.3 is 19.5 Å². The Morgan fingerprint density at radius 2 is 0.538 bits per heavy atom. The predicted octanol–water partition coefficient (Wildman–Crippen LogP) is -3.93. The van der Waals surface area contributed by atoms with E-state index < -0.39 is 34.7 Å². The molecule has 0 aromatic rings. The number of hydrogen-bond donors (Lipinski definition) is 0. The van der Waals surface area contributed by atoms with Gasteiger partial charge in [0.05, 0.1) is 0 Å². The average molecular weight is 361 g/mol. The van der Waals surface area contributed by atoms with Gasteiger partial charge in [-0.3, -0.25) is 0 Å². The third kappa shape index (κ3) is 906. The maximum Gasteiger partial charge on any atom is 4.00 e. The van der Waals surface area contributed by atoms with Gasteiger partial charge in [0, 0.05) is 0 Å². The molecule has 0 rings (SSSR count). The van der Waals surface area contributed by atoms with Crippen molar-refractivity contribution < 1.29 is 57.3 Å². The molecule has 4 atom stereocenters. The van der Waals surface area contributed by atoms with Gasteiger partial charge < -0.3 is 37.8 Å². The molecule has 0 spiro atoms. The Balaban J connectivity index is -0.0000000213. The van der Waals surface area contributed by atoms with E-state index in [4.69, 9.17) is 37.8 Å². The Morgan fingerprint density at radius 3 is 0.538 bits per heavy atom. The summed E-state index contributed by atoms with van der Waals surface area (Å²) in [7, 11) is -7.00. The van der Waals surface area contributed by atoms with E-state index in [1.54, 1.807) is 0 Å². The Morgan fingerprint density at radius 1 is 0.538 bits per heavy atom. The van der Waals surface area contributed by atoms with E-state index in [2.05, 4.69) is 0 Å². The van der Waals surface area contributed by atoms with Crippen LogP contribution in [-0.4, -0.2) is 0 Å². The summed E-state index contributed by atoms with van der Waals surface area (Å²) in [5, 5.41) is 0. The third-order valence-electron chi connectivity index (χ3n) is 0. The smallest absolute Gasteiger partial charge is 0.804 e. The van der Waals surface area contributed by atoms with E-state index in [9.17, 15) is 0 Å². The van der Waals surface area contributed by atoms with Crippen LogP contribution in [-0.2, 0) is 37.7 Å². The SMILES string of the molecule is O=[PH2][O-].O=[PH2][O-].O=[PH2][O-].O=[PH2][O-].[Ru+4]. The molecule has 0 aromatic heterocycles. The number of hydrogen-bond acceptors (Lipinski definition) is 8. The minimum atomic E-state index is -1.75. The largest absolute Gasteiger partial charge is 4.00 e. The fraction of sp³-hybridized carbons (Fsp3) is 0. The van der Waals surface area contributed by atoms with E-state index in [1.807, 2.05) is 0 Å². The summed E-state index contributed by atoms with van der Waals surface area (Å²) in [5.74, 6) is 0. The summed E-state index contributed by atoms with van der Waals surface area (Å²) in [6.45, 7) is 0. The number of rotatable bonds is 0. The molecule has 0 fully saturated rings. The first-order valence-electron chi connectivity index (χ1n) is 1.89. The van der Waals surface area contributed by atoms with Crippen molar-refractivity contribution in [2.45, 2.75) is 0 Å². The molecule has 0 aromatic carbocycles. The topological polar surface area (TPSA) is 161 Å². The molecule has 0 aliphatic carbocycles. The minimum absolute atomic E-state index is 0. The molecule has 0 amide bonds. The van der Waals surface area contributed by atoms with E-state index >= 15 is 0 Å². The van der Waals surface area contributed by atoms with E-state index in [-0.39, 0.29) is 19.5 Å². The van der Waals surface area contributed by atoms with Gasteiger partial charge in [0.2, 0.25) is 0 Å². The van der Waals surface area contributed by atoms with Gasteiger partial charge in [0.25, 0.3) is 0 Å². The van der Waals surface area contributed by atoms with Crippen LogP contribution < -0.4 is 19.6 Å². The summed E-state index contributed by atoms with van der Waals surface area (Å²) in [6, 6.07) is 0. The fourth-order valence-electron chi connectivity index (χ4n) is 0. The summed E-state index contributed by atoms with van der Waals surface area (Å²) in [6.07, 6.45) is 0. The van der Waals surface area contributed by atoms with Crippen LogP contribution in [0.15, 0.2) is 0 Å². The first-order chi connectivity index (χ1) is 5.66. The average Bonchev–Trinajstić information content (AvgIpc) is 1.92. The zero-order valence-electron chi connectivity index (χ0n) is 5.93.